The summed E-state index contributed by atoms with van der Waals surface area (Å²) in [4.78, 5) is 31.5. The van der Waals surface area contributed by atoms with Crippen molar-refractivity contribution >= 4 is 17.9 Å². The van der Waals surface area contributed by atoms with E-state index in [0.717, 1.165) is 0 Å². The number of rotatable bonds is 6. The molecule has 0 saturated heterocycles. The van der Waals surface area contributed by atoms with Gasteiger partial charge < -0.3 is 30.3 Å². The number of carboxylic acid groups (broad SMARTS) is 2. The van der Waals surface area contributed by atoms with E-state index >= 15 is 0 Å². The molecule has 0 heterocycles. The Morgan fingerprint density at radius 2 is 1.56 bits per heavy atom. The zero-order chi connectivity index (χ0) is 12.9. The predicted molar refractivity (Wildman–Crippen MR) is 44.3 cm³/mol. The fraction of sp³-hybridized carbons (Fsp3) is 0.571. The predicted octanol–water partition coefficient (Wildman–Crippen LogP) is -3.22. The molecule has 9 heteroatoms. The van der Waals surface area contributed by atoms with Gasteiger partial charge in [-0.15, -0.1) is 0 Å². The van der Waals surface area contributed by atoms with Crippen LogP contribution in [-0.4, -0.2) is 68.4 Å². The van der Waals surface area contributed by atoms with Crippen LogP contribution in [0.3, 0.4) is 0 Å². The molecule has 92 valence electrons. The molecular formula is C7H10O9. The number of carbonyl (C=O) groups excluding carboxylic acids is 1. The van der Waals surface area contributed by atoms with Crippen molar-refractivity contribution in [1.29, 1.82) is 0 Å². The normalized spacial score (nSPS) is 15.9. The van der Waals surface area contributed by atoms with Gasteiger partial charge in [-0.25, -0.2) is 14.4 Å². The highest BCUT2D eigenvalue weighted by Gasteiger charge is 2.36. The molecule has 5 N–H and O–H groups in total. The minimum absolute atomic E-state index is 1.02. The molecule has 0 aliphatic carbocycles. The number of aliphatic carboxylic acids is 2. The van der Waals surface area contributed by atoms with Gasteiger partial charge in [0, 0.05) is 0 Å². The third-order valence-corrected chi connectivity index (χ3v) is 1.47. The van der Waals surface area contributed by atoms with E-state index in [1.807, 2.05) is 0 Å². The Morgan fingerprint density at radius 1 is 1.06 bits per heavy atom. The highest BCUT2D eigenvalue weighted by molar-refractivity contribution is 5.86. The minimum atomic E-state index is -2.47. The van der Waals surface area contributed by atoms with Gasteiger partial charge in [0.25, 0.3) is 0 Å². The van der Waals surface area contributed by atoms with E-state index in [1.54, 1.807) is 0 Å². The molecule has 3 unspecified atom stereocenters. The molecule has 0 spiro atoms. The molecule has 0 radical (unpaired) electrons. The molecule has 0 aliphatic heterocycles. The number of carboxylic acids is 2. The highest BCUT2D eigenvalue weighted by atomic mass is 16.6. The number of hydrogen-bond acceptors (Lipinski definition) is 7. The van der Waals surface area contributed by atoms with Crippen molar-refractivity contribution in [2.24, 2.45) is 0 Å². The summed E-state index contributed by atoms with van der Waals surface area (Å²) in [5.41, 5.74) is 0. The first-order valence-corrected chi connectivity index (χ1v) is 3.94. The highest BCUT2D eigenvalue weighted by Crippen LogP contribution is 2.03. The molecule has 0 aromatic carbocycles. The van der Waals surface area contributed by atoms with Crippen molar-refractivity contribution in [2.45, 2.75) is 18.3 Å². The van der Waals surface area contributed by atoms with Gasteiger partial charge in [-0.2, -0.15) is 0 Å². The Labute approximate surface area is 88.5 Å². The number of ether oxygens (including phenoxy) is 1. The SMILES string of the molecule is O=C(OC(C(=O)O)C(O)C(=O)O)C(O)CO. The molecule has 9 nitrogen and oxygen atoms in total. The van der Waals surface area contributed by atoms with Crippen LogP contribution in [0.1, 0.15) is 0 Å². The fourth-order valence-corrected chi connectivity index (χ4v) is 0.658. The largest absolute Gasteiger partial charge is 0.479 e. The van der Waals surface area contributed by atoms with E-state index in [-0.39, 0.29) is 0 Å². The van der Waals surface area contributed by atoms with E-state index in [0.29, 0.717) is 0 Å². The summed E-state index contributed by atoms with van der Waals surface area (Å²) >= 11 is 0. The number of esters is 1. The van der Waals surface area contributed by atoms with Crippen LogP contribution in [0, 0.1) is 0 Å². The summed E-state index contributed by atoms with van der Waals surface area (Å²) in [5.74, 6) is -5.35. The van der Waals surface area contributed by atoms with Crippen LogP contribution in [0.15, 0.2) is 0 Å². The van der Waals surface area contributed by atoms with Crippen LogP contribution < -0.4 is 0 Å². The maximum absolute atomic E-state index is 10.8. The standard InChI is InChI=1S/C7H10O9/c8-1-2(9)7(15)16-4(6(13)14)3(10)5(11)12/h2-4,8-10H,1H2,(H,11,12)(H,13,14). The number of aliphatic hydroxyl groups excluding tert-OH is 3. The fourth-order valence-electron chi connectivity index (χ4n) is 0.658. The summed E-state index contributed by atoms with van der Waals surface area (Å²) in [6.45, 7) is -1.02. The molecule has 3 atom stereocenters. The minimum Gasteiger partial charge on any atom is -0.479 e. The summed E-state index contributed by atoms with van der Waals surface area (Å²) < 4.78 is 4.01. The van der Waals surface area contributed by atoms with Crippen molar-refractivity contribution in [3.05, 3.63) is 0 Å². The Hall–Kier alpha value is -1.71. The first-order chi connectivity index (χ1) is 7.31. The first-order valence-electron chi connectivity index (χ1n) is 3.94. The number of hydrogen-bond donors (Lipinski definition) is 5. The van der Waals surface area contributed by atoms with Crippen molar-refractivity contribution < 1.29 is 44.7 Å². The lowest BCUT2D eigenvalue weighted by atomic mass is 10.2. The van der Waals surface area contributed by atoms with Gasteiger partial charge in [-0.3, -0.25) is 0 Å². The lowest BCUT2D eigenvalue weighted by molar-refractivity contribution is -0.183. The molecule has 0 rings (SSSR count). The number of aliphatic hydroxyl groups is 3. The molecule has 0 fully saturated rings. The van der Waals surface area contributed by atoms with Gasteiger partial charge in [-0.05, 0) is 0 Å². The van der Waals surface area contributed by atoms with Crippen molar-refractivity contribution in [1.82, 2.24) is 0 Å². The maximum Gasteiger partial charge on any atom is 0.348 e. The molecule has 0 aromatic heterocycles. The van der Waals surface area contributed by atoms with Gasteiger partial charge in [0.2, 0.25) is 6.10 Å². The summed E-state index contributed by atoms with van der Waals surface area (Å²) in [7, 11) is 0. The van der Waals surface area contributed by atoms with E-state index in [1.165, 1.54) is 0 Å². The molecular weight excluding hydrogens is 228 g/mol. The van der Waals surface area contributed by atoms with Gasteiger partial charge in [0.15, 0.2) is 12.2 Å². The smallest absolute Gasteiger partial charge is 0.348 e. The monoisotopic (exact) mass is 238 g/mol. The lowest BCUT2D eigenvalue weighted by Crippen LogP contribution is -2.45. The van der Waals surface area contributed by atoms with Crippen molar-refractivity contribution in [2.75, 3.05) is 6.61 Å². The lowest BCUT2D eigenvalue weighted by Gasteiger charge is -2.17. The van der Waals surface area contributed by atoms with E-state index in [2.05, 4.69) is 4.74 Å². The molecule has 0 saturated carbocycles. The van der Waals surface area contributed by atoms with Gasteiger partial charge in [0.1, 0.15) is 0 Å². The van der Waals surface area contributed by atoms with E-state index in [4.69, 9.17) is 25.5 Å². The van der Waals surface area contributed by atoms with Crippen LogP contribution in [0.25, 0.3) is 0 Å². The number of carbonyl (C=O) groups is 3. The Morgan fingerprint density at radius 3 is 1.88 bits per heavy atom. The Bertz CT molecular complexity index is 286. The Balaban J connectivity index is 4.64. The zero-order valence-electron chi connectivity index (χ0n) is 7.81. The Kier molecular flexibility index (Phi) is 5.36. The van der Waals surface area contributed by atoms with E-state index < -0.39 is 42.8 Å². The van der Waals surface area contributed by atoms with Crippen LogP contribution in [-0.2, 0) is 19.1 Å². The average Bonchev–Trinajstić information content (AvgIpc) is 2.22. The van der Waals surface area contributed by atoms with Crippen LogP contribution in [0.2, 0.25) is 0 Å². The zero-order valence-corrected chi connectivity index (χ0v) is 7.81. The van der Waals surface area contributed by atoms with Crippen LogP contribution >= 0.6 is 0 Å². The van der Waals surface area contributed by atoms with E-state index in [9.17, 15) is 14.4 Å². The van der Waals surface area contributed by atoms with Crippen molar-refractivity contribution in [3.63, 3.8) is 0 Å². The molecule has 0 aromatic rings. The van der Waals surface area contributed by atoms with Gasteiger partial charge in [0.05, 0.1) is 6.61 Å². The topological polar surface area (TPSA) is 162 Å². The second kappa shape index (κ2) is 6.00. The second-order valence-electron chi connectivity index (χ2n) is 2.68. The molecule has 16 heavy (non-hydrogen) atoms. The summed E-state index contributed by atoms with van der Waals surface area (Å²) in [6.07, 6.45) is -6.82. The quantitative estimate of drug-likeness (QED) is 0.299. The third kappa shape index (κ3) is 3.81. The first kappa shape index (κ1) is 14.3. The molecule has 0 bridgehead atoms. The van der Waals surface area contributed by atoms with Gasteiger partial charge in [-0.1, -0.05) is 0 Å². The average molecular weight is 238 g/mol. The third-order valence-electron chi connectivity index (χ3n) is 1.47. The van der Waals surface area contributed by atoms with Crippen molar-refractivity contribution in [3.8, 4) is 0 Å². The summed E-state index contributed by atoms with van der Waals surface area (Å²) in [5, 5.41) is 42.7. The summed E-state index contributed by atoms with van der Waals surface area (Å²) in [6, 6.07) is 0. The van der Waals surface area contributed by atoms with Crippen LogP contribution in [0.4, 0.5) is 0 Å². The molecule has 0 aliphatic rings. The maximum atomic E-state index is 10.8. The second-order valence-corrected chi connectivity index (χ2v) is 2.68. The van der Waals surface area contributed by atoms with Gasteiger partial charge >= 0.3 is 17.9 Å². The molecule has 0 amide bonds. The van der Waals surface area contributed by atoms with Crippen LogP contribution in [0.5, 0.6) is 0 Å².